The van der Waals surface area contributed by atoms with Crippen molar-refractivity contribution in [1.29, 1.82) is 5.26 Å². The molecule has 0 aliphatic rings. The Kier molecular flexibility index (Phi) is 5.56. The van der Waals surface area contributed by atoms with E-state index in [2.05, 4.69) is 14.8 Å². The first-order chi connectivity index (χ1) is 9.53. The van der Waals surface area contributed by atoms with Gasteiger partial charge in [0, 0.05) is 0 Å². The average molecular weight is 295 g/mol. The lowest BCUT2D eigenvalue weighted by atomic mass is 10.2. The number of halogens is 1. The van der Waals surface area contributed by atoms with Gasteiger partial charge in [0.25, 0.3) is 0 Å². The molecule has 0 heterocycles. The van der Waals surface area contributed by atoms with Gasteiger partial charge in [-0.05, 0) is 12.1 Å². The van der Waals surface area contributed by atoms with Crippen molar-refractivity contribution in [2.75, 3.05) is 19.5 Å². The highest BCUT2D eigenvalue weighted by atomic mass is 35.5. The lowest BCUT2D eigenvalue weighted by Gasteiger charge is -2.10. The van der Waals surface area contributed by atoms with Crippen molar-refractivity contribution in [2.24, 2.45) is 0 Å². The van der Waals surface area contributed by atoms with E-state index in [4.69, 9.17) is 16.9 Å². The number of methoxy groups -OCH3 is 2. The van der Waals surface area contributed by atoms with Gasteiger partial charge in [-0.2, -0.15) is 5.26 Å². The third-order valence-corrected chi connectivity index (χ3v) is 2.58. The number of benzene rings is 1. The van der Waals surface area contributed by atoms with Gasteiger partial charge < -0.3 is 14.8 Å². The van der Waals surface area contributed by atoms with Crippen molar-refractivity contribution in [3.05, 3.63) is 40.6 Å². The molecule has 104 valence electrons. The van der Waals surface area contributed by atoms with E-state index in [0.717, 1.165) is 13.2 Å². The summed E-state index contributed by atoms with van der Waals surface area (Å²) >= 11 is 5.87. The van der Waals surface area contributed by atoms with Gasteiger partial charge in [0.1, 0.15) is 11.8 Å². The zero-order valence-corrected chi connectivity index (χ0v) is 11.5. The van der Waals surface area contributed by atoms with Crippen molar-refractivity contribution in [3.8, 4) is 6.07 Å². The number of hydrogen-bond donors (Lipinski definition) is 1. The molecule has 1 aromatic rings. The third kappa shape index (κ3) is 3.73. The smallest absolute Gasteiger partial charge is 0.354 e. The fraction of sp³-hybridized carbons (Fsp3) is 0.154. The van der Waals surface area contributed by atoms with Crippen LogP contribution in [0.3, 0.4) is 0 Å². The SMILES string of the molecule is COC(=O)/C=C(/Nc1cccc(Cl)c1C#N)C(=O)OC. The van der Waals surface area contributed by atoms with Gasteiger partial charge in [0.05, 0.1) is 36.6 Å². The third-order valence-electron chi connectivity index (χ3n) is 2.26. The van der Waals surface area contributed by atoms with Crippen LogP contribution in [0.1, 0.15) is 5.56 Å². The minimum absolute atomic E-state index is 0.147. The van der Waals surface area contributed by atoms with Crippen LogP contribution < -0.4 is 5.32 Å². The summed E-state index contributed by atoms with van der Waals surface area (Å²) < 4.78 is 8.98. The van der Waals surface area contributed by atoms with E-state index in [9.17, 15) is 9.59 Å². The lowest BCUT2D eigenvalue weighted by Crippen LogP contribution is -2.16. The van der Waals surface area contributed by atoms with Crippen LogP contribution in [0.2, 0.25) is 5.02 Å². The van der Waals surface area contributed by atoms with Crippen molar-refractivity contribution >= 4 is 29.2 Å². The molecular weight excluding hydrogens is 284 g/mol. The maximum Gasteiger partial charge on any atom is 0.354 e. The fourth-order valence-electron chi connectivity index (χ4n) is 1.32. The van der Waals surface area contributed by atoms with Crippen LogP contribution in [0.5, 0.6) is 0 Å². The Balaban J connectivity index is 3.18. The molecule has 1 aromatic carbocycles. The molecular formula is C13H11ClN2O4. The van der Waals surface area contributed by atoms with E-state index in [1.165, 1.54) is 13.2 Å². The number of carbonyl (C=O) groups excluding carboxylic acids is 2. The van der Waals surface area contributed by atoms with Gasteiger partial charge in [-0.1, -0.05) is 17.7 Å². The van der Waals surface area contributed by atoms with E-state index < -0.39 is 11.9 Å². The number of nitriles is 1. The predicted molar refractivity (Wildman–Crippen MR) is 71.9 cm³/mol. The molecule has 1 N–H and O–H groups in total. The molecule has 6 nitrogen and oxygen atoms in total. The molecule has 0 radical (unpaired) electrons. The van der Waals surface area contributed by atoms with Gasteiger partial charge in [0.2, 0.25) is 0 Å². The number of anilines is 1. The number of hydrogen-bond acceptors (Lipinski definition) is 6. The molecule has 0 fully saturated rings. The maximum absolute atomic E-state index is 11.6. The van der Waals surface area contributed by atoms with Crippen LogP contribution in [0.4, 0.5) is 5.69 Å². The Morgan fingerprint density at radius 2 is 2.05 bits per heavy atom. The molecule has 0 amide bonds. The van der Waals surface area contributed by atoms with Crippen LogP contribution in [0.15, 0.2) is 30.0 Å². The minimum atomic E-state index is -0.778. The Morgan fingerprint density at radius 1 is 1.35 bits per heavy atom. The van der Waals surface area contributed by atoms with E-state index in [1.54, 1.807) is 12.1 Å². The Bertz CT molecular complexity index is 605. The number of nitrogens with zero attached hydrogens (tertiary/aromatic N) is 1. The molecule has 0 unspecified atom stereocenters. The summed E-state index contributed by atoms with van der Waals surface area (Å²) in [6.45, 7) is 0. The molecule has 1 rings (SSSR count). The van der Waals surface area contributed by atoms with Crippen LogP contribution in [-0.2, 0) is 19.1 Å². The van der Waals surface area contributed by atoms with E-state index in [0.29, 0.717) is 0 Å². The fourth-order valence-corrected chi connectivity index (χ4v) is 1.54. The van der Waals surface area contributed by atoms with Gasteiger partial charge >= 0.3 is 11.9 Å². The Morgan fingerprint density at radius 3 is 2.60 bits per heavy atom. The maximum atomic E-state index is 11.6. The largest absolute Gasteiger partial charge is 0.466 e. The standard InChI is InChI=1S/C13H11ClN2O4/c1-19-12(17)6-11(13(18)20-2)16-10-5-3-4-9(14)8(10)7-15/h3-6,16H,1-2H3/b11-6+. The van der Waals surface area contributed by atoms with Crippen molar-refractivity contribution in [2.45, 2.75) is 0 Å². The second-order valence-electron chi connectivity index (χ2n) is 3.47. The molecule has 0 saturated carbocycles. The summed E-state index contributed by atoms with van der Waals surface area (Å²) in [7, 11) is 2.34. The summed E-state index contributed by atoms with van der Waals surface area (Å²) in [6.07, 6.45) is 0.924. The van der Waals surface area contributed by atoms with Crippen LogP contribution in [0.25, 0.3) is 0 Å². The quantitative estimate of drug-likeness (QED) is 0.673. The highest BCUT2D eigenvalue weighted by Crippen LogP contribution is 2.24. The average Bonchev–Trinajstić information content (AvgIpc) is 2.45. The first-order valence-electron chi connectivity index (χ1n) is 5.37. The number of nitrogens with one attached hydrogen (secondary N) is 1. The molecule has 0 spiro atoms. The van der Waals surface area contributed by atoms with Crippen LogP contribution in [0, 0.1) is 11.3 Å². The normalized spacial score (nSPS) is 10.4. The van der Waals surface area contributed by atoms with Crippen molar-refractivity contribution in [1.82, 2.24) is 0 Å². The summed E-state index contributed by atoms with van der Waals surface area (Å²) in [4.78, 5) is 22.8. The first-order valence-corrected chi connectivity index (χ1v) is 5.74. The molecule has 0 bridgehead atoms. The number of esters is 2. The molecule has 7 heteroatoms. The Labute approximate surface area is 120 Å². The summed E-state index contributed by atoms with van der Waals surface area (Å²) in [6, 6.07) is 6.57. The number of rotatable bonds is 4. The van der Waals surface area contributed by atoms with Crippen molar-refractivity contribution < 1.29 is 19.1 Å². The second-order valence-corrected chi connectivity index (χ2v) is 3.88. The minimum Gasteiger partial charge on any atom is -0.466 e. The van der Waals surface area contributed by atoms with Crippen LogP contribution >= 0.6 is 11.6 Å². The molecule has 0 aromatic heterocycles. The molecule has 20 heavy (non-hydrogen) atoms. The monoisotopic (exact) mass is 294 g/mol. The highest BCUT2D eigenvalue weighted by molar-refractivity contribution is 6.32. The van der Waals surface area contributed by atoms with E-state index >= 15 is 0 Å². The van der Waals surface area contributed by atoms with Crippen molar-refractivity contribution in [3.63, 3.8) is 0 Å². The molecule has 0 aliphatic heterocycles. The second kappa shape index (κ2) is 7.16. The zero-order chi connectivity index (χ0) is 15.1. The number of carbonyl (C=O) groups is 2. The summed E-state index contributed by atoms with van der Waals surface area (Å²) in [5.74, 6) is -1.52. The van der Waals surface area contributed by atoms with E-state index in [-0.39, 0.29) is 22.0 Å². The van der Waals surface area contributed by atoms with Crippen LogP contribution in [-0.4, -0.2) is 26.2 Å². The van der Waals surface area contributed by atoms with E-state index in [1.807, 2.05) is 6.07 Å². The molecule has 0 saturated heterocycles. The lowest BCUT2D eigenvalue weighted by molar-refractivity contribution is -0.138. The summed E-state index contributed by atoms with van der Waals surface area (Å²) in [5.41, 5.74) is 0.257. The summed E-state index contributed by atoms with van der Waals surface area (Å²) in [5, 5.41) is 11.9. The predicted octanol–water partition coefficient (Wildman–Crippen LogP) is 1.85. The van der Waals surface area contributed by atoms with Gasteiger partial charge in [-0.3, -0.25) is 0 Å². The first kappa shape index (κ1) is 15.5. The highest BCUT2D eigenvalue weighted by Gasteiger charge is 2.15. The van der Waals surface area contributed by atoms with Gasteiger partial charge in [-0.15, -0.1) is 0 Å². The zero-order valence-electron chi connectivity index (χ0n) is 10.8. The number of ether oxygens (including phenoxy) is 2. The Hall–Kier alpha value is -2.52. The molecule has 0 aliphatic carbocycles. The molecule has 0 atom stereocenters. The van der Waals surface area contributed by atoms with Gasteiger partial charge in [-0.25, -0.2) is 9.59 Å². The van der Waals surface area contributed by atoms with Gasteiger partial charge in [0.15, 0.2) is 0 Å². The topological polar surface area (TPSA) is 88.4 Å².